The zero-order valence-electron chi connectivity index (χ0n) is 11.1. The molecule has 3 nitrogen and oxygen atoms in total. The number of rotatable bonds is 5. The van der Waals surface area contributed by atoms with Crippen LogP contribution in [0.3, 0.4) is 0 Å². The van der Waals surface area contributed by atoms with Crippen molar-refractivity contribution in [2.45, 2.75) is 25.9 Å². The standard InChI is InChI=1S/C15H23NO2/c1-12-4-2-3-5-14(12)15(10-16)18-11-13-6-8-17-9-7-13/h2-5,13,15H,6-11,16H2,1H3. The van der Waals surface area contributed by atoms with Gasteiger partial charge in [0.25, 0.3) is 0 Å². The van der Waals surface area contributed by atoms with Gasteiger partial charge in [0, 0.05) is 19.8 Å². The van der Waals surface area contributed by atoms with Crippen molar-refractivity contribution in [3.63, 3.8) is 0 Å². The molecule has 0 aromatic heterocycles. The monoisotopic (exact) mass is 249 g/mol. The Balaban J connectivity index is 1.91. The minimum absolute atomic E-state index is 0.0223. The van der Waals surface area contributed by atoms with Gasteiger partial charge >= 0.3 is 0 Å². The number of hydrogen-bond acceptors (Lipinski definition) is 3. The van der Waals surface area contributed by atoms with Gasteiger partial charge in [-0.3, -0.25) is 0 Å². The van der Waals surface area contributed by atoms with E-state index in [1.54, 1.807) is 0 Å². The number of hydrogen-bond donors (Lipinski definition) is 1. The number of aryl methyl sites for hydroxylation is 1. The summed E-state index contributed by atoms with van der Waals surface area (Å²) in [6, 6.07) is 8.31. The third-order valence-corrected chi connectivity index (χ3v) is 3.62. The van der Waals surface area contributed by atoms with E-state index in [1.807, 2.05) is 12.1 Å². The van der Waals surface area contributed by atoms with E-state index in [4.69, 9.17) is 15.2 Å². The first-order valence-electron chi connectivity index (χ1n) is 6.76. The van der Waals surface area contributed by atoms with E-state index in [0.29, 0.717) is 12.5 Å². The Labute approximate surface area is 109 Å². The van der Waals surface area contributed by atoms with Crippen LogP contribution in [0.4, 0.5) is 0 Å². The van der Waals surface area contributed by atoms with Crippen LogP contribution >= 0.6 is 0 Å². The zero-order valence-corrected chi connectivity index (χ0v) is 11.1. The molecule has 1 aliphatic heterocycles. The fraction of sp³-hybridized carbons (Fsp3) is 0.600. The molecule has 1 saturated heterocycles. The second-order valence-electron chi connectivity index (χ2n) is 4.97. The molecule has 0 amide bonds. The smallest absolute Gasteiger partial charge is 0.0949 e. The van der Waals surface area contributed by atoms with E-state index >= 15 is 0 Å². The zero-order chi connectivity index (χ0) is 12.8. The Morgan fingerprint density at radius 3 is 2.72 bits per heavy atom. The first-order chi connectivity index (χ1) is 8.81. The summed E-state index contributed by atoms with van der Waals surface area (Å²) in [6.45, 7) is 5.17. The van der Waals surface area contributed by atoms with Crippen molar-refractivity contribution in [2.24, 2.45) is 11.7 Å². The minimum atomic E-state index is 0.0223. The van der Waals surface area contributed by atoms with Gasteiger partial charge in [0.1, 0.15) is 0 Å². The van der Waals surface area contributed by atoms with Crippen molar-refractivity contribution in [1.82, 2.24) is 0 Å². The van der Waals surface area contributed by atoms with E-state index < -0.39 is 0 Å². The average Bonchev–Trinajstić information content (AvgIpc) is 2.42. The summed E-state index contributed by atoms with van der Waals surface area (Å²) in [7, 11) is 0. The lowest BCUT2D eigenvalue weighted by atomic mass is 10.0. The topological polar surface area (TPSA) is 44.5 Å². The Bertz CT molecular complexity index is 361. The van der Waals surface area contributed by atoms with Gasteiger partial charge in [0.15, 0.2) is 0 Å². The van der Waals surface area contributed by atoms with Crippen LogP contribution < -0.4 is 5.73 Å². The molecule has 100 valence electrons. The normalized spacial score (nSPS) is 18.8. The molecule has 1 heterocycles. The molecule has 1 aliphatic rings. The van der Waals surface area contributed by atoms with Crippen LogP contribution in [0.15, 0.2) is 24.3 Å². The fourth-order valence-electron chi connectivity index (χ4n) is 2.40. The van der Waals surface area contributed by atoms with Gasteiger partial charge in [-0.25, -0.2) is 0 Å². The second-order valence-corrected chi connectivity index (χ2v) is 4.97. The Hall–Kier alpha value is -0.900. The van der Waals surface area contributed by atoms with Crippen molar-refractivity contribution in [3.05, 3.63) is 35.4 Å². The van der Waals surface area contributed by atoms with Crippen molar-refractivity contribution < 1.29 is 9.47 Å². The van der Waals surface area contributed by atoms with Crippen LogP contribution in [0.5, 0.6) is 0 Å². The van der Waals surface area contributed by atoms with Gasteiger partial charge in [-0.1, -0.05) is 24.3 Å². The van der Waals surface area contributed by atoms with E-state index in [-0.39, 0.29) is 6.10 Å². The fourth-order valence-corrected chi connectivity index (χ4v) is 2.40. The highest BCUT2D eigenvalue weighted by Crippen LogP contribution is 2.23. The van der Waals surface area contributed by atoms with Gasteiger partial charge in [-0.05, 0) is 36.8 Å². The van der Waals surface area contributed by atoms with Gasteiger partial charge in [-0.15, -0.1) is 0 Å². The first kappa shape index (κ1) is 13.5. The molecule has 2 rings (SSSR count). The molecule has 1 fully saturated rings. The van der Waals surface area contributed by atoms with Gasteiger partial charge in [-0.2, -0.15) is 0 Å². The third-order valence-electron chi connectivity index (χ3n) is 3.62. The number of benzene rings is 1. The molecule has 1 aromatic rings. The van der Waals surface area contributed by atoms with E-state index in [2.05, 4.69) is 19.1 Å². The van der Waals surface area contributed by atoms with Crippen LogP contribution in [0, 0.1) is 12.8 Å². The van der Waals surface area contributed by atoms with Crippen LogP contribution in [-0.4, -0.2) is 26.4 Å². The summed E-state index contributed by atoms with van der Waals surface area (Å²) in [4.78, 5) is 0. The van der Waals surface area contributed by atoms with Gasteiger partial charge in [0.2, 0.25) is 0 Å². The molecule has 18 heavy (non-hydrogen) atoms. The van der Waals surface area contributed by atoms with Crippen LogP contribution in [0.2, 0.25) is 0 Å². The molecule has 1 aromatic carbocycles. The molecule has 3 heteroatoms. The predicted molar refractivity (Wildman–Crippen MR) is 72.5 cm³/mol. The summed E-state index contributed by atoms with van der Waals surface area (Å²) in [5.74, 6) is 0.622. The largest absolute Gasteiger partial charge is 0.381 e. The summed E-state index contributed by atoms with van der Waals surface area (Å²) in [6.07, 6.45) is 2.23. The maximum absolute atomic E-state index is 6.02. The predicted octanol–water partition coefficient (Wildman–Crippen LogP) is 2.44. The molecule has 0 saturated carbocycles. The highest BCUT2D eigenvalue weighted by atomic mass is 16.5. The highest BCUT2D eigenvalue weighted by Gasteiger charge is 2.18. The lowest BCUT2D eigenvalue weighted by Crippen LogP contribution is -2.24. The van der Waals surface area contributed by atoms with E-state index in [0.717, 1.165) is 32.7 Å². The molecule has 0 aliphatic carbocycles. The Morgan fingerprint density at radius 2 is 2.06 bits per heavy atom. The van der Waals surface area contributed by atoms with Gasteiger partial charge in [0.05, 0.1) is 12.7 Å². The molecule has 1 unspecified atom stereocenters. The molecular formula is C15H23NO2. The lowest BCUT2D eigenvalue weighted by Gasteiger charge is -2.25. The minimum Gasteiger partial charge on any atom is -0.381 e. The van der Waals surface area contributed by atoms with E-state index in [9.17, 15) is 0 Å². The Kier molecular flexibility index (Phi) is 5.17. The lowest BCUT2D eigenvalue weighted by molar-refractivity contribution is -0.00891. The highest BCUT2D eigenvalue weighted by molar-refractivity contribution is 5.27. The molecule has 1 atom stereocenters. The van der Waals surface area contributed by atoms with Crippen LogP contribution in [0.1, 0.15) is 30.1 Å². The molecule has 2 N–H and O–H groups in total. The maximum atomic E-state index is 6.02. The Morgan fingerprint density at radius 1 is 1.33 bits per heavy atom. The molecule has 0 radical (unpaired) electrons. The molecule has 0 bridgehead atoms. The average molecular weight is 249 g/mol. The van der Waals surface area contributed by atoms with Crippen LogP contribution in [-0.2, 0) is 9.47 Å². The summed E-state index contributed by atoms with van der Waals surface area (Å²) >= 11 is 0. The third kappa shape index (κ3) is 3.55. The second kappa shape index (κ2) is 6.88. The first-order valence-corrected chi connectivity index (χ1v) is 6.76. The van der Waals surface area contributed by atoms with E-state index in [1.165, 1.54) is 11.1 Å². The van der Waals surface area contributed by atoms with Crippen molar-refractivity contribution in [3.8, 4) is 0 Å². The van der Waals surface area contributed by atoms with Gasteiger partial charge < -0.3 is 15.2 Å². The van der Waals surface area contributed by atoms with Crippen molar-refractivity contribution in [2.75, 3.05) is 26.4 Å². The molecule has 0 spiro atoms. The summed E-state index contributed by atoms with van der Waals surface area (Å²) in [5.41, 5.74) is 8.30. The SMILES string of the molecule is Cc1ccccc1C(CN)OCC1CCOCC1. The van der Waals surface area contributed by atoms with Crippen molar-refractivity contribution in [1.29, 1.82) is 0 Å². The number of nitrogens with two attached hydrogens (primary N) is 1. The number of ether oxygens (including phenoxy) is 2. The molecular weight excluding hydrogens is 226 g/mol. The summed E-state index contributed by atoms with van der Waals surface area (Å²) < 4.78 is 11.4. The van der Waals surface area contributed by atoms with Crippen LogP contribution in [0.25, 0.3) is 0 Å². The maximum Gasteiger partial charge on any atom is 0.0949 e. The van der Waals surface area contributed by atoms with Crippen molar-refractivity contribution >= 4 is 0 Å². The quantitative estimate of drug-likeness (QED) is 0.871. The summed E-state index contributed by atoms with van der Waals surface area (Å²) in [5, 5.41) is 0.